The fraction of sp³-hybridized carbons (Fsp3) is 0.200. The Morgan fingerprint density at radius 3 is 2.37 bits per heavy atom. The van der Waals surface area contributed by atoms with Crippen LogP contribution in [0.1, 0.15) is 38.4 Å². The average molecular weight is 462 g/mol. The number of nitrogens with zero attached hydrogens (tertiary/aromatic N) is 2. The van der Waals surface area contributed by atoms with E-state index in [9.17, 15) is 4.79 Å². The first-order valence-corrected chi connectivity index (χ1v) is 10.8. The van der Waals surface area contributed by atoms with E-state index in [4.69, 9.17) is 4.98 Å². The first kappa shape index (κ1) is 20.4. The minimum atomic E-state index is -0.108. The van der Waals surface area contributed by atoms with Crippen LogP contribution in [-0.2, 0) is 13.1 Å². The van der Waals surface area contributed by atoms with Crippen LogP contribution >= 0.6 is 15.9 Å². The van der Waals surface area contributed by atoms with E-state index in [1.807, 2.05) is 30.3 Å². The predicted octanol–water partition coefficient (Wildman–Crippen LogP) is 5.70. The monoisotopic (exact) mass is 461 g/mol. The number of amides is 1. The molecule has 0 unspecified atom stereocenters. The fourth-order valence-electron chi connectivity index (χ4n) is 3.92. The Bertz CT molecular complexity index is 1200. The van der Waals surface area contributed by atoms with Gasteiger partial charge in [0.2, 0.25) is 0 Å². The summed E-state index contributed by atoms with van der Waals surface area (Å²) < 4.78 is 3.16. The van der Waals surface area contributed by atoms with Gasteiger partial charge < -0.3 is 9.88 Å². The van der Waals surface area contributed by atoms with Crippen molar-refractivity contribution < 1.29 is 4.79 Å². The number of para-hydroxylation sites is 2. The summed E-state index contributed by atoms with van der Waals surface area (Å²) in [6.45, 7) is 7.53. The molecule has 1 heterocycles. The maximum Gasteiger partial charge on any atom is 0.251 e. The third-order valence-electron chi connectivity index (χ3n) is 5.40. The molecule has 0 saturated heterocycles. The zero-order chi connectivity index (χ0) is 21.3. The van der Waals surface area contributed by atoms with E-state index in [1.54, 1.807) is 12.1 Å². The molecule has 0 aliphatic heterocycles. The molecular formula is C25H24BrN3O. The molecule has 4 rings (SSSR count). The number of hydrogen-bond acceptors (Lipinski definition) is 2. The van der Waals surface area contributed by atoms with Crippen molar-refractivity contribution in [3.8, 4) is 0 Å². The summed E-state index contributed by atoms with van der Waals surface area (Å²) in [6, 6.07) is 19.9. The molecule has 1 amide bonds. The summed E-state index contributed by atoms with van der Waals surface area (Å²) in [7, 11) is 0. The van der Waals surface area contributed by atoms with Crippen LogP contribution in [0.4, 0.5) is 0 Å². The van der Waals surface area contributed by atoms with Crippen molar-refractivity contribution in [2.24, 2.45) is 0 Å². The Balaban J connectivity index is 1.65. The van der Waals surface area contributed by atoms with E-state index in [0.29, 0.717) is 12.1 Å². The molecule has 0 aliphatic carbocycles. The van der Waals surface area contributed by atoms with Crippen molar-refractivity contribution in [3.05, 3.63) is 98.8 Å². The Kier molecular flexibility index (Phi) is 5.73. The molecule has 0 fully saturated rings. The molecule has 0 radical (unpaired) electrons. The zero-order valence-electron chi connectivity index (χ0n) is 17.4. The Morgan fingerprint density at radius 1 is 1.00 bits per heavy atom. The van der Waals surface area contributed by atoms with Crippen LogP contribution in [0.5, 0.6) is 0 Å². The number of benzene rings is 3. The summed E-state index contributed by atoms with van der Waals surface area (Å²) in [4.78, 5) is 17.4. The summed E-state index contributed by atoms with van der Waals surface area (Å²) in [5.41, 5.74) is 7.75. The molecule has 0 aliphatic rings. The van der Waals surface area contributed by atoms with Crippen molar-refractivity contribution in [1.82, 2.24) is 14.9 Å². The van der Waals surface area contributed by atoms with Gasteiger partial charge in [-0.1, -0.05) is 45.8 Å². The van der Waals surface area contributed by atoms with Crippen LogP contribution in [0.15, 0.2) is 65.1 Å². The molecule has 4 aromatic rings. The van der Waals surface area contributed by atoms with Gasteiger partial charge >= 0.3 is 0 Å². The van der Waals surface area contributed by atoms with Crippen molar-refractivity contribution in [2.75, 3.05) is 0 Å². The topological polar surface area (TPSA) is 46.9 Å². The quantitative estimate of drug-likeness (QED) is 0.414. The smallest absolute Gasteiger partial charge is 0.251 e. The van der Waals surface area contributed by atoms with Gasteiger partial charge in [0.15, 0.2) is 0 Å². The average Bonchev–Trinajstić information content (AvgIpc) is 3.06. The molecular weight excluding hydrogens is 438 g/mol. The number of hydrogen-bond donors (Lipinski definition) is 1. The number of fused-ring (bicyclic) bond motifs is 1. The Morgan fingerprint density at radius 2 is 1.67 bits per heavy atom. The van der Waals surface area contributed by atoms with Gasteiger partial charge in [-0.25, -0.2) is 4.98 Å². The second kappa shape index (κ2) is 8.44. The number of carbonyl (C=O) groups excluding carboxylic acids is 1. The summed E-state index contributed by atoms with van der Waals surface area (Å²) in [6.07, 6.45) is 0. The lowest BCUT2D eigenvalue weighted by atomic mass is 9.99. The maximum atomic E-state index is 12.6. The number of aryl methyl sites for hydroxylation is 3. The number of imidazole rings is 1. The first-order valence-electron chi connectivity index (χ1n) is 9.97. The van der Waals surface area contributed by atoms with Crippen LogP contribution in [0.2, 0.25) is 0 Å². The number of rotatable bonds is 5. The van der Waals surface area contributed by atoms with E-state index in [0.717, 1.165) is 27.9 Å². The van der Waals surface area contributed by atoms with Crippen LogP contribution in [0.25, 0.3) is 11.0 Å². The minimum Gasteiger partial charge on any atom is -0.345 e. The van der Waals surface area contributed by atoms with E-state index in [-0.39, 0.29) is 5.91 Å². The standard InChI is InChI=1S/C25H24BrN3O/c1-16-12-17(2)21(18(3)13-16)15-29-23-7-5-4-6-22(23)28-24(29)14-27-25(30)19-8-10-20(26)11-9-19/h4-13H,14-15H2,1-3H3,(H,27,30). The lowest BCUT2D eigenvalue weighted by Crippen LogP contribution is -2.25. The van der Waals surface area contributed by atoms with Crippen LogP contribution < -0.4 is 5.32 Å². The first-order chi connectivity index (χ1) is 14.4. The number of nitrogens with one attached hydrogen (secondary N) is 1. The molecule has 1 N–H and O–H groups in total. The minimum absolute atomic E-state index is 0.108. The van der Waals surface area contributed by atoms with E-state index in [2.05, 4.69) is 64.8 Å². The predicted molar refractivity (Wildman–Crippen MR) is 125 cm³/mol. The van der Waals surface area contributed by atoms with E-state index in [1.165, 1.54) is 22.3 Å². The van der Waals surface area contributed by atoms with Gasteiger partial charge in [-0.2, -0.15) is 0 Å². The van der Waals surface area contributed by atoms with Gasteiger partial charge in [0.05, 0.1) is 17.6 Å². The molecule has 30 heavy (non-hydrogen) atoms. The normalized spacial score (nSPS) is 11.1. The summed E-state index contributed by atoms with van der Waals surface area (Å²) in [5.74, 6) is 0.741. The number of carbonyl (C=O) groups is 1. The SMILES string of the molecule is Cc1cc(C)c(Cn2c(CNC(=O)c3ccc(Br)cc3)nc3ccccc32)c(C)c1. The third kappa shape index (κ3) is 4.17. The van der Waals surface area contributed by atoms with Crippen molar-refractivity contribution in [2.45, 2.75) is 33.9 Å². The molecule has 152 valence electrons. The van der Waals surface area contributed by atoms with Gasteiger partial charge in [-0.05, 0) is 73.9 Å². The van der Waals surface area contributed by atoms with Gasteiger partial charge in [-0.15, -0.1) is 0 Å². The lowest BCUT2D eigenvalue weighted by Gasteiger charge is -2.15. The van der Waals surface area contributed by atoms with Crippen molar-refractivity contribution in [3.63, 3.8) is 0 Å². The molecule has 0 bridgehead atoms. The molecule has 0 atom stereocenters. The third-order valence-corrected chi connectivity index (χ3v) is 5.93. The molecule has 3 aromatic carbocycles. The van der Waals surface area contributed by atoms with Gasteiger partial charge in [0, 0.05) is 16.6 Å². The molecule has 4 nitrogen and oxygen atoms in total. The second-order valence-electron chi connectivity index (χ2n) is 7.67. The van der Waals surface area contributed by atoms with Crippen molar-refractivity contribution in [1.29, 1.82) is 0 Å². The lowest BCUT2D eigenvalue weighted by molar-refractivity contribution is 0.0949. The van der Waals surface area contributed by atoms with Gasteiger partial charge in [0.25, 0.3) is 5.91 Å². The highest BCUT2D eigenvalue weighted by Crippen LogP contribution is 2.22. The molecule has 1 aromatic heterocycles. The maximum absolute atomic E-state index is 12.6. The zero-order valence-corrected chi connectivity index (χ0v) is 19.0. The van der Waals surface area contributed by atoms with Gasteiger partial charge in [0.1, 0.15) is 5.82 Å². The largest absolute Gasteiger partial charge is 0.345 e. The molecule has 5 heteroatoms. The summed E-state index contributed by atoms with van der Waals surface area (Å²) in [5, 5.41) is 3.02. The second-order valence-corrected chi connectivity index (χ2v) is 8.59. The molecule has 0 saturated carbocycles. The molecule has 0 spiro atoms. The Hall–Kier alpha value is -2.92. The van der Waals surface area contributed by atoms with Crippen molar-refractivity contribution >= 4 is 32.9 Å². The number of aromatic nitrogens is 2. The van der Waals surface area contributed by atoms with E-state index < -0.39 is 0 Å². The fourth-order valence-corrected chi connectivity index (χ4v) is 4.18. The highest BCUT2D eigenvalue weighted by Gasteiger charge is 2.15. The van der Waals surface area contributed by atoms with E-state index >= 15 is 0 Å². The Labute approximate surface area is 185 Å². The van der Waals surface area contributed by atoms with Crippen LogP contribution in [0, 0.1) is 20.8 Å². The highest BCUT2D eigenvalue weighted by molar-refractivity contribution is 9.10. The number of halogens is 1. The van der Waals surface area contributed by atoms with Crippen LogP contribution in [-0.4, -0.2) is 15.5 Å². The summed E-state index contributed by atoms with van der Waals surface area (Å²) >= 11 is 3.40. The van der Waals surface area contributed by atoms with Gasteiger partial charge in [-0.3, -0.25) is 4.79 Å². The van der Waals surface area contributed by atoms with Crippen LogP contribution in [0.3, 0.4) is 0 Å². The highest BCUT2D eigenvalue weighted by atomic mass is 79.9.